The summed E-state index contributed by atoms with van der Waals surface area (Å²) in [4.78, 5) is 24.1. The normalized spacial score (nSPS) is 25.0. The van der Waals surface area contributed by atoms with E-state index in [4.69, 9.17) is 4.74 Å². The third-order valence-corrected chi connectivity index (χ3v) is 5.61. The van der Waals surface area contributed by atoms with Crippen LogP contribution in [0, 0.1) is 0 Å². The van der Waals surface area contributed by atoms with Gasteiger partial charge in [-0.25, -0.2) is 8.42 Å². The number of Topliss-reactive ketones (excluding diaryl/α,β-unsaturated/α-hetero) is 1. The summed E-state index contributed by atoms with van der Waals surface area (Å²) in [5.74, 6) is -0.827. The fourth-order valence-corrected chi connectivity index (χ4v) is 4.42. The lowest BCUT2D eigenvalue weighted by atomic mass is 10.0. The quantitative estimate of drug-likeness (QED) is 0.883. The Labute approximate surface area is 135 Å². The molecule has 0 radical (unpaired) electrons. The summed E-state index contributed by atoms with van der Waals surface area (Å²) < 4.78 is 33.5. The van der Waals surface area contributed by atoms with Crippen LogP contribution in [0.2, 0.25) is 0 Å². The minimum atomic E-state index is -3.75. The molecule has 3 rings (SSSR count). The van der Waals surface area contributed by atoms with E-state index in [1.807, 2.05) is 0 Å². The maximum Gasteiger partial charge on any atom is 0.256 e. The average Bonchev–Trinajstić information content (AvgIpc) is 2.97. The number of carbonyl (C=O) groups is 2. The molecule has 126 valence electrons. The first-order chi connectivity index (χ1) is 11.0. The summed E-state index contributed by atoms with van der Waals surface area (Å²) in [6.45, 7) is 0.561. The number of hydrogen-bond donors (Lipinski definition) is 1. The average molecular weight is 340 g/mol. The molecule has 1 aromatic rings. The van der Waals surface area contributed by atoms with Crippen LogP contribution in [0.25, 0.3) is 0 Å². The zero-order valence-electron chi connectivity index (χ0n) is 12.7. The molecule has 1 aromatic heterocycles. The number of amides is 1. The highest BCUT2D eigenvalue weighted by molar-refractivity contribution is 7.90. The molecule has 1 N–H and O–H groups in total. The van der Waals surface area contributed by atoms with Crippen molar-refractivity contribution < 1.29 is 22.7 Å². The van der Waals surface area contributed by atoms with Crippen LogP contribution in [-0.4, -0.2) is 43.1 Å². The van der Waals surface area contributed by atoms with Crippen molar-refractivity contribution >= 4 is 21.7 Å². The number of carbonyl (C=O) groups excluding carboxylic acids is 2. The first kappa shape index (κ1) is 16.2. The second-order valence-electron chi connectivity index (χ2n) is 6.01. The molecule has 2 atom stereocenters. The first-order valence-electron chi connectivity index (χ1n) is 7.82. The van der Waals surface area contributed by atoms with Crippen molar-refractivity contribution in [1.29, 1.82) is 0 Å². The number of hydrogen-bond acceptors (Lipinski definition) is 5. The smallest absolute Gasteiger partial charge is 0.256 e. The van der Waals surface area contributed by atoms with Gasteiger partial charge in [0, 0.05) is 19.2 Å². The molecule has 1 amide bonds. The molecule has 3 heterocycles. The molecule has 0 aliphatic carbocycles. The van der Waals surface area contributed by atoms with Crippen LogP contribution in [0.15, 0.2) is 18.3 Å². The van der Waals surface area contributed by atoms with Gasteiger partial charge in [0.25, 0.3) is 5.91 Å². The zero-order chi connectivity index (χ0) is 16.4. The van der Waals surface area contributed by atoms with E-state index in [0.29, 0.717) is 25.1 Å². The number of ketones is 1. The van der Waals surface area contributed by atoms with E-state index < -0.39 is 22.0 Å². The number of aromatic nitrogens is 1. The Morgan fingerprint density at radius 3 is 2.91 bits per heavy atom. The van der Waals surface area contributed by atoms with Gasteiger partial charge in [0.2, 0.25) is 10.0 Å². The van der Waals surface area contributed by atoms with Gasteiger partial charge in [0.15, 0.2) is 5.78 Å². The molecule has 2 unspecified atom stereocenters. The van der Waals surface area contributed by atoms with Crippen LogP contribution in [0.3, 0.4) is 0 Å². The van der Waals surface area contributed by atoms with Gasteiger partial charge in [-0.1, -0.05) is 0 Å². The predicted molar refractivity (Wildman–Crippen MR) is 82.6 cm³/mol. The van der Waals surface area contributed by atoms with E-state index in [1.54, 1.807) is 22.9 Å². The summed E-state index contributed by atoms with van der Waals surface area (Å²) in [7, 11) is -3.75. The van der Waals surface area contributed by atoms with Gasteiger partial charge in [-0.3, -0.25) is 14.3 Å². The summed E-state index contributed by atoms with van der Waals surface area (Å²) in [6, 6.07) is 2.66. The summed E-state index contributed by atoms with van der Waals surface area (Å²) in [5, 5.41) is 0. The van der Waals surface area contributed by atoms with Crippen molar-refractivity contribution in [3.63, 3.8) is 0 Å². The monoisotopic (exact) mass is 340 g/mol. The molecular weight excluding hydrogens is 320 g/mol. The molecule has 1 fully saturated rings. The highest BCUT2D eigenvalue weighted by atomic mass is 32.2. The van der Waals surface area contributed by atoms with Crippen LogP contribution >= 0.6 is 0 Å². The fourth-order valence-electron chi connectivity index (χ4n) is 3.14. The van der Waals surface area contributed by atoms with Crippen molar-refractivity contribution in [3.05, 3.63) is 24.0 Å². The van der Waals surface area contributed by atoms with Crippen molar-refractivity contribution in [3.8, 4) is 0 Å². The molecule has 7 nitrogen and oxygen atoms in total. The molecule has 1 saturated heterocycles. The number of nitrogens with one attached hydrogen (secondary N) is 1. The van der Waals surface area contributed by atoms with Crippen molar-refractivity contribution in [1.82, 2.24) is 9.29 Å². The Morgan fingerprint density at radius 2 is 2.17 bits per heavy atom. The Balaban J connectivity index is 1.67. The van der Waals surface area contributed by atoms with E-state index in [0.717, 1.165) is 12.8 Å². The summed E-state index contributed by atoms with van der Waals surface area (Å²) >= 11 is 0. The van der Waals surface area contributed by atoms with Crippen LogP contribution in [0.4, 0.5) is 0 Å². The first-order valence-corrected chi connectivity index (χ1v) is 9.47. The van der Waals surface area contributed by atoms with E-state index in [2.05, 4.69) is 4.72 Å². The van der Waals surface area contributed by atoms with Gasteiger partial charge >= 0.3 is 0 Å². The fraction of sp³-hybridized carbons (Fsp3) is 0.600. The van der Waals surface area contributed by atoms with Gasteiger partial charge in [0.1, 0.15) is 6.04 Å². The molecular formula is C15H20N2O5S. The van der Waals surface area contributed by atoms with E-state index in [1.165, 1.54) is 0 Å². The van der Waals surface area contributed by atoms with E-state index in [-0.39, 0.29) is 24.1 Å². The Bertz CT molecular complexity index is 703. The Morgan fingerprint density at radius 1 is 1.35 bits per heavy atom. The lowest BCUT2D eigenvalue weighted by Crippen LogP contribution is -2.42. The summed E-state index contributed by atoms with van der Waals surface area (Å²) in [5.41, 5.74) is 0.449. The number of nitrogens with zero attached hydrogens (tertiary/aromatic N) is 1. The van der Waals surface area contributed by atoms with Crippen LogP contribution in [-0.2, 0) is 19.6 Å². The maximum atomic E-state index is 12.4. The number of ether oxygens (including phenoxy) is 1. The molecule has 0 aromatic carbocycles. The highest BCUT2D eigenvalue weighted by Gasteiger charge is 2.32. The second-order valence-corrected chi connectivity index (χ2v) is 7.78. The zero-order valence-corrected chi connectivity index (χ0v) is 13.5. The molecule has 8 heteroatoms. The van der Waals surface area contributed by atoms with Gasteiger partial charge in [-0.2, -0.15) is 0 Å². The van der Waals surface area contributed by atoms with Crippen LogP contribution in [0.5, 0.6) is 0 Å². The molecule has 2 aliphatic rings. The van der Waals surface area contributed by atoms with Gasteiger partial charge in [-0.05, 0) is 37.8 Å². The lowest BCUT2D eigenvalue weighted by molar-refractivity contribution is -0.122. The molecule has 0 spiro atoms. The van der Waals surface area contributed by atoms with E-state index >= 15 is 0 Å². The topological polar surface area (TPSA) is 94.5 Å². The lowest BCUT2D eigenvalue weighted by Gasteiger charge is -2.26. The van der Waals surface area contributed by atoms with Crippen molar-refractivity contribution in [2.75, 3.05) is 12.4 Å². The van der Waals surface area contributed by atoms with Gasteiger partial charge < -0.3 is 9.30 Å². The van der Waals surface area contributed by atoms with Crippen molar-refractivity contribution in [2.45, 2.75) is 44.2 Å². The Hall–Kier alpha value is -1.67. The largest absolute Gasteiger partial charge is 0.377 e. The predicted octanol–water partition coefficient (Wildman–Crippen LogP) is 1.02. The highest BCUT2D eigenvalue weighted by Crippen LogP contribution is 2.25. The number of fused-ring (bicyclic) bond motifs is 1. The molecule has 2 aliphatic heterocycles. The van der Waals surface area contributed by atoms with E-state index in [9.17, 15) is 18.0 Å². The molecule has 23 heavy (non-hydrogen) atoms. The maximum absolute atomic E-state index is 12.4. The Kier molecular flexibility index (Phi) is 4.54. The third kappa shape index (κ3) is 3.64. The third-order valence-electron chi connectivity index (χ3n) is 4.28. The van der Waals surface area contributed by atoms with Gasteiger partial charge in [0.05, 0.1) is 17.6 Å². The van der Waals surface area contributed by atoms with Crippen LogP contribution in [0.1, 0.15) is 48.6 Å². The van der Waals surface area contributed by atoms with Crippen LogP contribution < -0.4 is 4.72 Å². The molecule has 0 saturated carbocycles. The number of rotatable bonds is 4. The summed E-state index contributed by atoms with van der Waals surface area (Å²) in [6.07, 6.45) is 4.39. The minimum absolute atomic E-state index is 0.0301. The van der Waals surface area contributed by atoms with Gasteiger partial charge in [-0.15, -0.1) is 0 Å². The second kappa shape index (κ2) is 6.45. The SMILES string of the molecule is O=C1CCC(C(=O)NS(=O)(=O)CC2CCCCO2)n2cccc21. The van der Waals surface area contributed by atoms with Crippen molar-refractivity contribution in [2.24, 2.45) is 0 Å². The standard InChI is InChI=1S/C15H20N2O5S/c18-14-7-6-13(17-8-3-5-12(14)17)15(19)16-23(20,21)10-11-4-1-2-9-22-11/h3,5,8,11,13H,1-2,4,6-7,9-10H2,(H,16,19). The minimum Gasteiger partial charge on any atom is -0.377 e. The number of sulfonamides is 1. The molecule has 0 bridgehead atoms.